The molecule has 0 aliphatic rings. The molecule has 0 unspecified atom stereocenters. The number of benzene rings is 1. The fourth-order valence-electron chi connectivity index (χ4n) is 2.12. The molecule has 2 rings (SSSR count). The van der Waals surface area contributed by atoms with Crippen LogP contribution >= 0.6 is 47.2 Å². The van der Waals surface area contributed by atoms with Crippen LogP contribution in [0.15, 0.2) is 27.7 Å². The maximum absolute atomic E-state index is 6.17. The van der Waals surface area contributed by atoms with Gasteiger partial charge in [-0.05, 0) is 24.1 Å². The molecule has 0 saturated heterocycles. The number of aromatic nitrogens is 2. The molecule has 1 aromatic heterocycles. The lowest BCUT2D eigenvalue weighted by Gasteiger charge is -2.12. The zero-order chi connectivity index (χ0) is 18.2. The second-order valence-corrected chi connectivity index (χ2v) is 6.74. The molecule has 0 radical (unpaired) electrons. The summed E-state index contributed by atoms with van der Waals surface area (Å²) in [6.07, 6.45) is 1.59. The minimum absolute atomic E-state index is 0. The molecule has 2 N–H and O–H groups in total. The summed E-state index contributed by atoms with van der Waals surface area (Å²) in [4.78, 5) is 8.56. The summed E-state index contributed by atoms with van der Waals surface area (Å²) in [5.74, 6) is 2.40. The predicted molar refractivity (Wildman–Crippen MR) is 117 cm³/mol. The first-order valence-corrected chi connectivity index (χ1v) is 8.96. The highest BCUT2D eigenvalue weighted by Crippen LogP contribution is 2.20. The molecule has 26 heavy (non-hydrogen) atoms. The molecule has 0 bridgehead atoms. The second kappa shape index (κ2) is 11.6. The molecule has 1 aromatic carbocycles. The zero-order valence-electron chi connectivity index (χ0n) is 15.1. The van der Waals surface area contributed by atoms with Gasteiger partial charge in [0.2, 0.25) is 5.89 Å². The van der Waals surface area contributed by atoms with Crippen molar-refractivity contribution in [1.29, 1.82) is 0 Å². The highest BCUT2D eigenvalue weighted by Gasteiger charge is 2.09. The molecular weight excluding hydrogens is 488 g/mol. The van der Waals surface area contributed by atoms with Gasteiger partial charge in [0.1, 0.15) is 0 Å². The monoisotopic (exact) mass is 511 g/mol. The molecular formula is C17H24Cl2IN5O. The summed E-state index contributed by atoms with van der Waals surface area (Å²) >= 11 is 12.1. The molecule has 0 saturated carbocycles. The van der Waals surface area contributed by atoms with Crippen molar-refractivity contribution in [1.82, 2.24) is 20.8 Å². The molecule has 0 atom stereocenters. The Morgan fingerprint density at radius 2 is 2.04 bits per heavy atom. The van der Waals surface area contributed by atoms with Crippen molar-refractivity contribution in [3.8, 4) is 0 Å². The zero-order valence-corrected chi connectivity index (χ0v) is 18.9. The average Bonchev–Trinajstić information content (AvgIpc) is 3.05. The van der Waals surface area contributed by atoms with E-state index in [0.29, 0.717) is 28.4 Å². The summed E-state index contributed by atoms with van der Waals surface area (Å²) in [6, 6.07) is 5.44. The van der Waals surface area contributed by atoms with Crippen LogP contribution in [-0.2, 0) is 13.0 Å². The third-order valence-corrected chi connectivity index (χ3v) is 4.13. The molecule has 9 heteroatoms. The first-order valence-electron chi connectivity index (χ1n) is 8.20. The number of rotatable bonds is 7. The van der Waals surface area contributed by atoms with Gasteiger partial charge in [0, 0.05) is 42.5 Å². The van der Waals surface area contributed by atoms with Crippen LogP contribution < -0.4 is 10.6 Å². The van der Waals surface area contributed by atoms with Gasteiger partial charge >= 0.3 is 0 Å². The van der Waals surface area contributed by atoms with Crippen molar-refractivity contribution >= 4 is 53.1 Å². The van der Waals surface area contributed by atoms with Crippen LogP contribution in [-0.4, -0.2) is 29.7 Å². The Bertz CT molecular complexity index is 721. The van der Waals surface area contributed by atoms with Gasteiger partial charge < -0.3 is 15.2 Å². The number of aryl methyl sites for hydroxylation is 1. The van der Waals surface area contributed by atoms with Gasteiger partial charge in [-0.15, -0.1) is 24.0 Å². The molecule has 0 spiro atoms. The van der Waals surface area contributed by atoms with Crippen LogP contribution in [0.1, 0.15) is 43.5 Å². The highest BCUT2D eigenvalue weighted by atomic mass is 127. The molecule has 0 amide bonds. The summed E-state index contributed by atoms with van der Waals surface area (Å²) in [5.41, 5.74) is 0.959. The van der Waals surface area contributed by atoms with Gasteiger partial charge in [-0.3, -0.25) is 4.99 Å². The van der Waals surface area contributed by atoms with Crippen molar-refractivity contribution in [3.05, 3.63) is 45.5 Å². The minimum Gasteiger partial charge on any atom is -0.356 e. The van der Waals surface area contributed by atoms with Crippen molar-refractivity contribution in [2.24, 2.45) is 4.99 Å². The first-order chi connectivity index (χ1) is 12.0. The Labute approximate surface area is 181 Å². The van der Waals surface area contributed by atoms with E-state index in [1.165, 1.54) is 0 Å². The fraction of sp³-hybridized carbons (Fsp3) is 0.471. The lowest BCUT2D eigenvalue weighted by atomic mass is 10.2. The second-order valence-electron chi connectivity index (χ2n) is 5.89. The Hall–Kier alpha value is -1.06. The molecule has 0 fully saturated rings. The van der Waals surface area contributed by atoms with Crippen molar-refractivity contribution in [3.63, 3.8) is 0 Å². The van der Waals surface area contributed by atoms with Gasteiger partial charge in [-0.2, -0.15) is 4.98 Å². The molecule has 1 heterocycles. The maximum Gasteiger partial charge on any atom is 0.226 e. The summed E-state index contributed by atoms with van der Waals surface area (Å²) in [7, 11) is 1.73. The van der Waals surface area contributed by atoms with E-state index < -0.39 is 0 Å². The van der Waals surface area contributed by atoms with Crippen molar-refractivity contribution < 1.29 is 4.52 Å². The first kappa shape index (κ1) is 23.0. The van der Waals surface area contributed by atoms with E-state index in [0.717, 1.165) is 30.8 Å². The van der Waals surface area contributed by atoms with E-state index in [2.05, 4.69) is 25.8 Å². The van der Waals surface area contributed by atoms with E-state index in [4.69, 9.17) is 27.7 Å². The van der Waals surface area contributed by atoms with Crippen LogP contribution in [0.4, 0.5) is 0 Å². The quantitative estimate of drug-likeness (QED) is 0.249. The van der Waals surface area contributed by atoms with Crippen LogP contribution in [0.25, 0.3) is 0 Å². The van der Waals surface area contributed by atoms with E-state index in [1.807, 2.05) is 26.0 Å². The number of nitrogens with zero attached hydrogens (tertiary/aromatic N) is 3. The summed E-state index contributed by atoms with van der Waals surface area (Å²) in [5, 5.41) is 11.7. The van der Waals surface area contributed by atoms with Crippen molar-refractivity contribution in [2.75, 3.05) is 13.6 Å². The largest absolute Gasteiger partial charge is 0.356 e. The average molecular weight is 512 g/mol. The van der Waals surface area contributed by atoms with Crippen LogP contribution in [0.3, 0.4) is 0 Å². The Morgan fingerprint density at radius 1 is 1.27 bits per heavy atom. The third kappa shape index (κ3) is 7.28. The van der Waals surface area contributed by atoms with E-state index >= 15 is 0 Å². The Kier molecular flexibility index (Phi) is 10.3. The predicted octanol–water partition coefficient (Wildman–Crippen LogP) is 4.42. The molecule has 0 aliphatic carbocycles. The third-order valence-electron chi connectivity index (χ3n) is 3.55. The van der Waals surface area contributed by atoms with Gasteiger partial charge in [-0.1, -0.05) is 48.3 Å². The number of hydrogen-bond acceptors (Lipinski definition) is 4. The smallest absolute Gasteiger partial charge is 0.226 e. The number of nitrogens with one attached hydrogen (secondary N) is 2. The van der Waals surface area contributed by atoms with Crippen LogP contribution in [0.2, 0.25) is 10.0 Å². The number of halogens is 3. The topological polar surface area (TPSA) is 75.3 Å². The highest BCUT2D eigenvalue weighted by molar-refractivity contribution is 14.0. The normalized spacial score (nSPS) is 11.4. The van der Waals surface area contributed by atoms with Crippen LogP contribution in [0, 0.1) is 0 Å². The lowest BCUT2D eigenvalue weighted by Crippen LogP contribution is -2.37. The fourth-order valence-corrected chi connectivity index (χ4v) is 2.59. The van der Waals surface area contributed by atoms with Gasteiger partial charge in [0.25, 0.3) is 0 Å². The Balaban J connectivity index is 0.00000338. The maximum atomic E-state index is 6.17. The molecule has 0 aliphatic heterocycles. The summed E-state index contributed by atoms with van der Waals surface area (Å²) in [6.45, 7) is 5.39. The van der Waals surface area contributed by atoms with Gasteiger partial charge in [0.05, 0.1) is 0 Å². The molecule has 2 aromatic rings. The van der Waals surface area contributed by atoms with E-state index in [1.54, 1.807) is 13.1 Å². The van der Waals surface area contributed by atoms with E-state index in [9.17, 15) is 0 Å². The molecule has 6 nitrogen and oxygen atoms in total. The van der Waals surface area contributed by atoms with E-state index in [-0.39, 0.29) is 29.9 Å². The SMILES string of the molecule is CN=C(NCCCc1nc(C(C)C)no1)NCc1ccc(Cl)cc1Cl.I. The van der Waals surface area contributed by atoms with Crippen molar-refractivity contribution in [2.45, 2.75) is 39.2 Å². The van der Waals surface area contributed by atoms with Gasteiger partial charge in [0.15, 0.2) is 11.8 Å². The number of aliphatic imine (C=N–C) groups is 1. The number of guanidine groups is 1. The Morgan fingerprint density at radius 3 is 2.65 bits per heavy atom. The standard InChI is InChI=1S/C17H23Cl2N5O.HI/c1-11(2)16-23-15(25-24-16)5-4-8-21-17(20-3)22-10-12-6-7-13(18)9-14(12)19;/h6-7,9,11H,4-5,8,10H2,1-3H3,(H2,20,21,22);1H. The molecule has 144 valence electrons. The number of hydrogen-bond donors (Lipinski definition) is 2. The van der Waals surface area contributed by atoms with Gasteiger partial charge in [-0.25, -0.2) is 0 Å². The lowest BCUT2D eigenvalue weighted by molar-refractivity contribution is 0.368. The minimum atomic E-state index is 0. The van der Waals surface area contributed by atoms with Crippen LogP contribution in [0.5, 0.6) is 0 Å². The summed E-state index contributed by atoms with van der Waals surface area (Å²) < 4.78 is 5.23.